The molecule has 0 radical (unpaired) electrons. The van der Waals surface area contributed by atoms with E-state index in [2.05, 4.69) is 25.6 Å². The minimum absolute atomic E-state index is 0.00268. The van der Waals surface area contributed by atoms with Crippen LogP contribution in [0, 0.1) is 11.6 Å². The normalized spacial score (nSPS) is 11.1. The van der Waals surface area contributed by atoms with Crippen LogP contribution in [0.4, 0.5) is 20.3 Å². The molecule has 0 saturated heterocycles. The van der Waals surface area contributed by atoms with Crippen LogP contribution in [-0.4, -0.2) is 36.7 Å². The molecule has 2 amide bonds. The van der Waals surface area contributed by atoms with Crippen molar-refractivity contribution in [1.82, 2.24) is 15.5 Å². The summed E-state index contributed by atoms with van der Waals surface area (Å²) in [6.07, 6.45) is 1.01. The maximum atomic E-state index is 13.4. The number of nitrogens with zero attached hydrogens (tertiary/aromatic N) is 1. The molecule has 2 aromatic carbocycles. The number of anilines is 2. The smallest absolute Gasteiger partial charge is 0.269 e. The van der Waals surface area contributed by atoms with Gasteiger partial charge in [-0.15, -0.1) is 0 Å². The number of amides is 2. The summed E-state index contributed by atoms with van der Waals surface area (Å²) in [6.45, 7) is 0.00268. The maximum absolute atomic E-state index is 13.4. The molecule has 4 N–H and O–H groups in total. The monoisotopic (exact) mass is 483 g/mol. The molecule has 3 aromatic rings. The van der Waals surface area contributed by atoms with Crippen molar-refractivity contribution in [1.29, 1.82) is 0 Å². The number of H-pyrrole nitrogens is 1. The molecule has 168 valence electrons. The number of carbonyl (C=O) groups is 2. The Balaban J connectivity index is 1.66. The zero-order valence-electron chi connectivity index (χ0n) is 16.4. The second-order valence-electron chi connectivity index (χ2n) is 6.58. The van der Waals surface area contributed by atoms with Crippen molar-refractivity contribution in [2.75, 3.05) is 16.3 Å². The first-order chi connectivity index (χ1) is 15.0. The van der Waals surface area contributed by atoms with E-state index in [9.17, 15) is 26.8 Å². The van der Waals surface area contributed by atoms with Gasteiger partial charge >= 0.3 is 0 Å². The molecule has 0 aliphatic rings. The molecule has 3 rings (SSSR count). The third-order valence-electron chi connectivity index (χ3n) is 4.07. The van der Waals surface area contributed by atoms with Crippen LogP contribution in [0.1, 0.15) is 26.4 Å². The number of hydrogen-bond donors (Lipinski definition) is 4. The van der Waals surface area contributed by atoms with E-state index in [0.717, 1.165) is 6.26 Å². The van der Waals surface area contributed by atoms with E-state index in [-0.39, 0.29) is 28.6 Å². The Labute approximate surface area is 186 Å². The number of benzene rings is 2. The van der Waals surface area contributed by atoms with Crippen LogP contribution in [0.15, 0.2) is 42.5 Å². The summed E-state index contributed by atoms with van der Waals surface area (Å²) in [4.78, 5) is 24.6. The predicted molar refractivity (Wildman–Crippen MR) is 114 cm³/mol. The minimum atomic E-state index is -3.50. The third-order valence-corrected chi connectivity index (χ3v) is 4.97. The highest BCUT2D eigenvalue weighted by Crippen LogP contribution is 2.21. The summed E-state index contributed by atoms with van der Waals surface area (Å²) >= 11 is 5.77. The lowest BCUT2D eigenvalue weighted by molar-refractivity contribution is 0.0945. The van der Waals surface area contributed by atoms with Gasteiger partial charge in [-0.2, -0.15) is 5.10 Å². The van der Waals surface area contributed by atoms with Crippen LogP contribution in [0.25, 0.3) is 0 Å². The highest BCUT2D eigenvalue weighted by molar-refractivity contribution is 7.92. The quantitative estimate of drug-likeness (QED) is 0.383. The Morgan fingerprint density at radius 1 is 1.09 bits per heavy atom. The topological polar surface area (TPSA) is 133 Å². The largest absolute Gasteiger partial charge is 0.347 e. The molecule has 32 heavy (non-hydrogen) atoms. The van der Waals surface area contributed by atoms with Crippen molar-refractivity contribution in [3.05, 3.63) is 75.9 Å². The van der Waals surface area contributed by atoms with Crippen molar-refractivity contribution in [3.63, 3.8) is 0 Å². The molecule has 9 nitrogen and oxygen atoms in total. The Kier molecular flexibility index (Phi) is 6.75. The fraction of sp³-hybridized carbons (Fsp3) is 0.105. The van der Waals surface area contributed by atoms with Gasteiger partial charge in [0.2, 0.25) is 10.0 Å². The summed E-state index contributed by atoms with van der Waals surface area (Å²) in [5.74, 6) is -3.93. The van der Waals surface area contributed by atoms with Crippen molar-refractivity contribution < 1.29 is 26.8 Å². The number of aromatic amines is 1. The zero-order valence-corrected chi connectivity index (χ0v) is 17.9. The number of carbonyl (C=O) groups excluding carboxylic acids is 2. The summed E-state index contributed by atoms with van der Waals surface area (Å²) in [7, 11) is -3.50. The number of rotatable bonds is 7. The lowest BCUT2D eigenvalue weighted by Crippen LogP contribution is -2.24. The van der Waals surface area contributed by atoms with E-state index < -0.39 is 33.5 Å². The van der Waals surface area contributed by atoms with Crippen LogP contribution in [0.3, 0.4) is 0 Å². The highest BCUT2D eigenvalue weighted by Gasteiger charge is 2.17. The van der Waals surface area contributed by atoms with Crippen LogP contribution in [0.2, 0.25) is 5.02 Å². The van der Waals surface area contributed by atoms with Crippen LogP contribution < -0.4 is 15.4 Å². The lowest BCUT2D eigenvalue weighted by atomic mass is 10.2. The average Bonchev–Trinajstić information content (AvgIpc) is 3.17. The standard InChI is InChI=1S/C19H16ClF2N5O4S/c1-32(30,31)27-15-5-3-2-4-10(15)9-23-19(29)16-8-17(26-25-16)24-18(28)11-6-13(21)14(22)7-12(11)20/h2-8,27H,9H2,1H3,(H,23,29)(H2,24,25,26,28). The van der Waals surface area contributed by atoms with Gasteiger partial charge in [-0.3, -0.25) is 19.4 Å². The number of aromatic nitrogens is 2. The molecule has 0 atom stereocenters. The number of hydrogen-bond acceptors (Lipinski definition) is 5. The van der Waals surface area contributed by atoms with Gasteiger partial charge in [0, 0.05) is 12.6 Å². The fourth-order valence-electron chi connectivity index (χ4n) is 2.63. The number of nitrogens with one attached hydrogen (secondary N) is 4. The molecule has 1 aromatic heterocycles. The lowest BCUT2D eigenvalue weighted by Gasteiger charge is -2.11. The Hall–Kier alpha value is -3.51. The van der Waals surface area contributed by atoms with Gasteiger partial charge in [-0.05, 0) is 23.8 Å². The number of halogens is 3. The third kappa shape index (κ3) is 5.80. The minimum Gasteiger partial charge on any atom is -0.347 e. The van der Waals surface area contributed by atoms with E-state index in [4.69, 9.17) is 11.6 Å². The SMILES string of the molecule is CS(=O)(=O)Nc1ccccc1CNC(=O)c1cc(NC(=O)c2cc(F)c(F)cc2Cl)n[nH]1. The molecule has 0 fully saturated rings. The molecule has 0 saturated carbocycles. The summed E-state index contributed by atoms with van der Waals surface area (Å²) in [5, 5.41) is 10.8. The summed E-state index contributed by atoms with van der Waals surface area (Å²) in [6, 6.07) is 9.06. The van der Waals surface area contributed by atoms with Gasteiger partial charge in [0.1, 0.15) is 5.69 Å². The summed E-state index contributed by atoms with van der Waals surface area (Å²) in [5.41, 5.74) is 0.517. The number of para-hydroxylation sites is 1. The fourth-order valence-corrected chi connectivity index (χ4v) is 3.46. The molecule has 0 bridgehead atoms. The van der Waals surface area contributed by atoms with Crippen molar-refractivity contribution in [2.24, 2.45) is 0 Å². The Morgan fingerprint density at radius 3 is 2.50 bits per heavy atom. The molecular weight excluding hydrogens is 468 g/mol. The number of sulfonamides is 1. The second-order valence-corrected chi connectivity index (χ2v) is 8.74. The Bertz CT molecular complexity index is 1300. The van der Waals surface area contributed by atoms with Crippen molar-refractivity contribution >= 4 is 44.9 Å². The molecule has 0 aliphatic heterocycles. The van der Waals surface area contributed by atoms with Gasteiger partial charge in [0.25, 0.3) is 11.8 Å². The first kappa shape index (κ1) is 23.2. The molecule has 0 unspecified atom stereocenters. The van der Waals surface area contributed by atoms with Crippen molar-refractivity contribution in [2.45, 2.75) is 6.54 Å². The van der Waals surface area contributed by atoms with E-state index in [0.29, 0.717) is 23.4 Å². The maximum Gasteiger partial charge on any atom is 0.269 e. The molecule has 1 heterocycles. The highest BCUT2D eigenvalue weighted by atomic mass is 35.5. The van der Waals surface area contributed by atoms with Gasteiger partial charge < -0.3 is 10.6 Å². The molecule has 0 spiro atoms. The van der Waals surface area contributed by atoms with Crippen LogP contribution in [0.5, 0.6) is 0 Å². The Morgan fingerprint density at radius 2 is 1.78 bits per heavy atom. The average molecular weight is 484 g/mol. The van der Waals surface area contributed by atoms with E-state index in [1.165, 1.54) is 6.07 Å². The van der Waals surface area contributed by atoms with Crippen LogP contribution in [-0.2, 0) is 16.6 Å². The van der Waals surface area contributed by atoms with Gasteiger partial charge in [0.15, 0.2) is 17.5 Å². The van der Waals surface area contributed by atoms with Crippen molar-refractivity contribution in [3.8, 4) is 0 Å². The predicted octanol–water partition coefficient (Wildman–Crippen LogP) is 2.90. The van der Waals surface area contributed by atoms with Gasteiger partial charge in [-0.25, -0.2) is 17.2 Å². The van der Waals surface area contributed by atoms with Gasteiger partial charge in [-0.1, -0.05) is 29.8 Å². The molecule has 13 heteroatoms. The van der Waals surface area contributed by atoms with E-state index in [1.54, 1.807) is 24.3 Å². The summed E-state index contributed by atoms with van der Waals surface area (Å²) < 4.78 is 51.8. The second kappa shape index (κ2) is 9.32. The van der Waals surface area contributed by atoms with Gasteiger partial charge in [0.05, 0.1) is 22.5 Å². The molecular formula is C19H16ClF2N5O4S. The first-order valence-electron chi connectivity index (χ1n) is 8.88. The van der Waals surface area contributed by atoms with Crippen LogP contribution >= 0.6 is 11.6 Å². The first-order valence-corrected chi connectivity index (χ1v) is 11.2. The zero-order chi connectivity index (χ0) is 23.5. The van der Waals surface area contributed by atoms with E-state index in [1.807, 2.05) is 0 Å². The van der Waals surface area contributed by atoms with E-state index >= 15 is 0 Å². The molecule has 0 aliphatic carbocycles.